The van der Waals surface area contributed by atoms with E-state index < -0.39 is 5.91 Å². The SMILES string of the molecule is CC(C)(C)NCc1ccccc1-c1ccc(C2CC(=O)c3c(ncn3-c3cccc(C(N)=O)c3)CN2)cc1. The van der Waals surface area contributed by atoms with Crippen molar-refractivity contribution in [1.29, 1.82) is 0 Å². The number of nitrogens with two attached hydrogens (primary N) is 1. The van der Waals surface area contributed by atoms with Gasteiger partial charge >= 0.3 is 0 Å². The Bertz CT molecular complexity index is 1480. The summed E-state index contributed by atoms with van der Waals surface area (Å²) in [5.74, 6) is -0.512. The van der Waals surface area contributed by atoms with Crippen molar-refractivity contribution < 1.29 is 9.59 Å². The standard InChI is InChI=1S/C31H33N5O2/c1-31(2,3)35-17-23-7-4-5-10-25(23)20-11-13-21(14-12-20)26-16-28(37)29-27(18-33-26)34-19-36(29)24-9-6-8-22(15-24)30(32)38/h4-15,19,26,33,35H,16-18H2,1-3H3,(H2,32,38). The van der Waals surface area contributed by atoms with Crippen molar-refractivity contribution in [3.05, 3.63) is 107 Å². The van der Waals surface area contributed by atoms with Gasteiger partial charge in [0.15, 0.2) is 5.78 Å². The molecular formula is C31H33N5O2. The Morgan fingerprint density at radius 1 is 1.08 bits per heavy atom. The van der Waals surface area contributed by atoms with Gasteiger partial charge in [0, 0.05) is 42.3 Å². The highest BCUT2D eigenvalue weighted by Gasteiger charge is 2.28. The number of imidazole rings is 1. The van der Waals surface area contributed by atoms with Gasteiger partial charge in [-0.05, 0) is 61.2 Å². The topological polar surface area (TPSA) is 102 Å². The zero-order valence-corrected chi connectivity index (χ0v) is 22.0. The molecule has 4 aromatic rings. The lowest BCUT2D eigenvalue weighted by molar-refractivity contribution is 0.0965. The fourth-order valence-corrected chi connectivity index (χ4v) is 4.84. The minimum absolute atomic E-state index is 0.000320. The first-order valence-corrected chi connectivity index (χ1v) is 12.9. The number of aromatic nitrogens is 2. The molecule has 7 nitrogen and oxygen atoms in total. The Hall–Kier alpha value is -4.07. The summed E-state index contributed by atoms with van der Waals surface area (Å²) in [7, 11) is 0. The zero-order valence-electron chi connectivity index (χ0n) is 22.0. The van der Waals surface area contributed by atoms with Crippen LogP contribution in [0.15, 0.2) is 79.1 Å². The summed E-state index contributed by atoms with van der Waals surface area (Å²) >= 11 is 0. The van der Waals surface area contributed by atoms with Gasteiger partial charge in [-0.25, -0.2) is 4.98 Å². The highest BCUT2D eigenvalue weighted by atomic mass is 16.1. The molecule has 1 aromatic heterocycles. The number of hydrogen-bond donors (Lipinski definition) is 3. The highest BCUT2D eigenvalue weighted by Crippen LogP contribution is 2.30. The van der Waals surface area contributed by atoms with E-state index in [0.717, 1.165) is 17.7 Å². The van der Waals surface area contributed by atoms with Gasteiger partial charge in [0.25, 0.3) is 0 Å². The summed E-state index contributed by atoms with van der Waals surface area (Å²) < 4.78 is 1.75. The predicted molar refractivity (Wildman–Crippen MR) is 149 cm³/mol. The number of Topliss-reactive ketones (excluding diaryl/α,β-unsaturated/α-hetero) is 1. The van der Waals surface area contributed by atoms with Gasteiger partial charge in [-0.15, -0.1) is 0 Å². The van der Waals surface area contributed by atoms with E-state index in [9.17, 15) is 9.59 Å². The van der Waals surface area contributed by atoms with Crippen molar-refractivity contribution in [1.82, 2.24) is 20.2 Å². The first kappa shape index (κ1) is 25.6. The number of nitrogens with zero attached hydrogens (tertiary/aromatic N) is 2. The Balaban J connectivity index is 1.36. The predicted octanol–water partition coefficient (Wildman–Crippen LogP) is 4.94. The van der Waals surface area contributed by atoms with E-state index in [1.54, 1.807) is 29.1 Å². The van der Waals surface area contributed by atoms with Crippen molar-refractivity contribution in [3.63, 3.8) is 0 Å². The first-order valence-electron chi connectivity index (χ1n) is 12.9. The third-order valence-electron chi connectivity index (χ3n) is 6.87. The van der Waals surface area contributed by atoms with E-state index in [2.05, 4.69) is 84.9 Å². The second kappa shape index (κ2) is 10.4. The van der Waals surface area contributed by atoms with Crippen molar-refractivity contribution in [3.8, 4) is 16.8 Å². The van der Waals surface area contributed by atoms with Crippen LogP contribution < -0.4 is 16.4 Å². The van der Waals surface area contributed by atoms with E-state index in [1.165, 1.54) is 11.1 Å². The molecule has 0 spiro atoms. The largest absolute Gasteiger partial charge is 0.366 e. The van der Waals surface area contributed by atoms with Crippen LogP contribution >= 0.6 is 0 Å². The minimum atomic E-state index is -0.511. The van der Waals surface area contributed by atoms with Crippen LogP contribution in [-0.2, 0) is 13.1 Å². The lowest BCUT2D eigenvalue weighted by atomic mass is 9.95. The van der Waals surface area contributed by atoms with Crippen LogP contribution in [0.25, 0.3) is 16.8 Å². The minimum Gasteiger partial charge on any atom is -0.366 e. The summed E-state index contributed by atoms with van der Waals surface area (Å²) in [6.07, 6.45) is 1.94. The number of rotatable bonds is 6. The van der Waals surface area contributed by atoms with E-state index in [0.29, 0.717) is 35.6 Å². The summed E-state index contributed by atoms with van der Waals surface area (Å²) in [6.45, 7) is 7.75. The molecule has 1 atom stereocenters. The second-order valence-electron chi connectivity index (χ2n) is 10.8. The molecule has 0 saturated heterocycles. The Kier molecular flexibility index (Phi) is 6.97. The molecule has 0 aliphatic carbocycles. The molecular weight excluding hydrogens is 474 g/mol. The fraction of sp³-hybridized carbons (Fsp3) is 0.258. The van der Waals surface area contributed by atoms with E-state index >= 15 is 0 Å². The third-order valence-corrected chi connectivity index (χ3v) is 6.87. The van der Waals surface area contributed by atoms with Crippen LogP contribution in [-0.4, -0.2) is 26.8 Å². The zero-order chi connectivity index (χ0) is 26.9. The summed E-state index contributed by atoms with van der Waals surface area (Å²) in [5, 5.41) is 7.08. The van der Waals surface area contributed by atoms with Gasteiger partial charge in [0.05, 0.1) is 5.69 Å². The van der Waals surface area contributed by atoms with Crippen LogP contribution in [0, 0.1) is 0 Å². The second-order valence-corrected chi connectivity index (χ2v) is 10.8. The van der Waals surface area contributed by atoms with Gasteiger partial charge in [-0.2, -0.15) is 0 Å². The normalized spacial score (nSPS) is 15.7. The van der Waals surface area contributed by atoms with Crippen LogP contribution in [0.2, 0.25) is 0 Å². The number of ketones is 1. The van der Waals surface area contributed by atoms with Gasteiger partial charge in [0.1, 0.15) is 12.0 Å². The number of carbonyl (C=O) groups excluding carboxylic acids is 2. The average Bonchev–Trinajstić information content (AvgIpc) is 3.26. The van der Waals surface area contributed by atoms with E-state index in [4.69, 9.17) is 5.73 Å². The molecule has 1 unspecified atom stereocenters. The average molecular weight is 508 g/mol. The Morgan fingerprint density at radius 3 is 2.58 bits per heavy atom. The molecule has 0 fully saturated rings. The van der Waals surface area contributed by atoms with Crippen LogP contribution in [0.3, 0.4) is 0 Å². The molecule has 0 saturated carbocycles. The van der Waals surface area contributed by atoms with Crippen molar-refractivity contribution in [2.75, 3.05) is 0 Å². The molecule has 194 valence electrons. The molecule has 0 radical (unpaired) electrons. The molecule has 38 heavy (non-hydrogen) atoms. The van der Waals surface area contributed by atoms with Gasteiger partial charge in [-0.1, -0.05) is 54.6 Å². The molecule has 7 heteroatoms. The Labute approximate surface area is 223 Å². The van der Waals surface area contributed by atoms with Crippen LogP contribution in [0.1, 0.15) is 70.9 Å². The monoisotopic (exact) mass is 507 g/mol. The first-order chi connectivity index (χ1) is 18.2. The van der Waals surface area contributed by atoms with Crippen molar-refractivity contribution in [2.45, 2.75) is 51.9 Å². The van der Waals surface area contributed by atoms with Crippen LogP contribution in [0.5, 0.6) is 0 Å². The molecule has 5 rings (SSSR count). The maximum atomic E-state index is 13.4. The molecule has 1 amide bonds. The summed E-state index contributed by atoms with van der Waals surface area (Å²) in [6, 6.07) is 23.7. The van der Waals surface area contributed by atoms with Crippen LogP contribution in [0.4, 0.5) is 0 Å². The van der Waals surface area contributed by atoms with Gasteiger partial charge in [0.2, 0.25) is 5.91 Å². The van der Waals surface area contributed by atoms with Crippen molar-refractivity contribution in [2.24, 2.45) is 5.73 Å². The smallest absolute Gasteiger partial charge is 0.248 e. The lowest BCUT2D eigenvalue weighted by Crippen LogP contribution is -2.35. The fourth-order valence-electron chi connectivity index (χ4n) is 4.84. The highest BCUT2D eigenvalue weighted by molar-refractivity contribution is 5.97. The Morgan fingerprint density at radius 2 is 1.84 bits per heavy atom. The summed E-state index contributed by atoms with van der Waals surface area (Å²) in [5.41, 5.74) is 12.4. The lowest BCUT2D eigenvalue weighted by Gasteiger charge is -2.22. The molecule has 1 aliphatic rings. The maximum Gasteiger partial charge on any atom is 0.248 e. The number of fused-ring (bicyclic) bond motifs is 1. The number of benzene rings is 3. The summed E-state index contributed by atoms with van der Waals surface area (Å²) in [4.78, 5) is 29.6. The molecule has 4 N–H and O–H groups in total. The number of carbonyl (C=O) groups is 2. The van der Waals surface area contributed by atoms with Gasteiger partial charge < -0.3 is 16.4 Å². The van der Waals surface area contributed by atoms with Crippen molar-refractivity contribution >= 4 is 11.7 Å². The molecule has 1 aliphatic heterocycles. The molecule has 2 heterocycles. The molecule has 0 bridgehead atoms. The number of nitrogens with one attached hydrogen (secondary N) is 2. The van der Waals surface area contributed by atoms with E-state index in [-0.39, 0.29) is 17.4 Å². The third kappa shape index (κ3) is 5.44. The van der Waals surface area contributed by atoms with Gasteiger partial charge in [-0.3, -0.25) is 14.2 Å². The number of amides is 1. The number of primary amides is 1. The molecule has 3 aromatic carbocycles. The maximum absolute atomic E-state index is 13.4. The van der Waals surface area contributed by atoms with E-state index in [1.807, 2.05) is 6.07 Å². The quantitative estimate of drug-likeness (QED) is 0.343. The number of hydrogen-bond acceptors (Lipinski definition) is 5.